The molecular formula is C48H61N7O11. The van der Waals surface area contributed by atoms with E-state index in [1.165, 1.54) is 4.90 Å². The molecule has 6 amide bonds. The molecule has 4 rings (SSSR count). The Morgan fingerprint density at radius 1 is 0.667 bits per heavy atom. The molecule has 7 N–H and O–H groups in total. The van der Waals surface area contributed by atoms with Gasteiger partial charge >= 0.3 is 24.4 Å². The number of carbonyl (C=O) groups excluding carboxylic acids is 4. The Morgan fingerprint density at radius 2 is 1.32 bits per heavy atom. The number of hydrogen-bond donors (Lipinski definition) is 7. The topological polar surface area (TPSA) is 246 Å². The fraction of sp³-hybridized carbons (Fsp3) is 0.396. The molecule has 0 aliphatic heterocycles. The third-order valence-corrected chi connectivity index (χ3v) is 10.2. The van der Waals surface area contributed by atoms with E-state index in [9.17, 15) is 33.9 Å². The molecule has 0 fully saturated rings. The van der Waals surface area contributed by atoms with Gasteiger partial charge in [-0.1, -0.05) is 110 Å². The first kappa shape index (κ1) is 51.4. The van der Waals surface area contributed by atoms with Crippen molar-refractivity contribution in [2.24, 2.45) is 4.99 Å². The molecule has 0 spiro atoms. The Kier molecular flexibility index (Phi) is 22.2. The van der Waals surface area contributed by atoms with Crippen LogP contribution in [0.1, 0.15) is 88.0 Å². The fourth-order valence-corrected chi connectivity index (χ4v) is 6.60. The van der Waals surface area contributed by atoms with Gasteiger partial charge in [0, 0.05) is 38.6 Å². The highest BCUT2D eigenvalue weighted by atomic mass is 16.6. The van der Waals surface area contributed by atoms with Gasteiger partial charge in [-0.05, 0) is 79.5 Å². The number of amides is 6. The Morgan fingerprint density at radius 3 is 2.00 bits per heavy atom. The molecule has 18 nitrogen and oxygen atoms in total. The van der Waals surface area contributed by atoms with Crippen LogP contribution in [0, 0.1) is 0 Å². The van der Waals surface area contributed by atoms with Crippen LogP contribution in [0.3, 0.4) is 0 Å². The number of guanidine groups is 1. The standard InChI is InChI=1S/C48H61N7O11/c1-34(51-45(58)59)26-30-55(48(63)65-33-37-19-9-6-10-20-37)29-16-15-27-49-42(57)43(66-35(2)39-25-24-38-21-12-13-22-40(38)31-39)52-41(56)23-11-3-4-14-28-50-44(53-46(60)61)54-47(62)64-32-36-17-7-5-8-18-36/h5-10,12-13,17-22,24-25,31,34-35,43,51H,3-4,11,14-16,23,26-30,32-33H2,1-2H3,(H,49,57)(H,52,56)(H,58,59)(H,60,61)(H2,50,53,54,62)/t34?,35-,43-/m0/s1. The van der Waals surface area contributed by atoms with Crippen LogP contribution in [0.15, 0.2) is 108 Å². The third-order valence-electron chi connectivity index (χ3n) is 10.2. The second-order valence-electron chi connectivity index (χ2n) is 15.5. The van der Waals surface area contributed by atoms with E-state index in [0.29, 0.717) is 51.5 Å². The summed E-state index contributed by atoms with van der Waals surface area (Å²) in [7, 11) is 0. The maximum absolute atomic E-state index is 13.6. The van der Waals surface area contributed by atoms with Crippen molar-refractivity contribution in [1.82, 2.24) is 31.5 Å². The molecule has 0 aliphatic rings. The SMILES string of the molecule is CC(CCN(CCCCNC(=O)[C@@H](NC(=O)CCCCCCN=C(NC(=O)O)NC(=O)OCc1ccccc1)O[C@@H](C)c1ccc2ccccc2c1)C(=O)OCc1ccccc1)NC(=O)O. The van der Waals surface area contributed by atoms with Gasteiger partial charge in [-0.2, -0.15) is 0 Å². The highest BCUT2D eigenvalue weighted by Gasteiger charge is 2.25. The molecule has 4 aromatic carbocycles. The predicted molar refractivity (Wildman–Crippen MR) is 247 cm³/mol. The van der Waals surface area contributed by atoms with Crippen LogP contribution in [0.5, 0.6) is 0 Å². The first-order chi connectivity index (χ1) is 31.9. The van der Waals surface area contributed by atoms with Gasteiger partial charge in [-0.15, -0.1) is 0 Å². The van der Waals surface area contributed by atoms with Gasteiger partial charge in [0.2, 0.25) is 18.1 Å². The molecule has 4 aromatic rings. The number of carbonyl (C=O) groups is 6. The van der Waals surface area contributed by atoms with Crippen LogP contribution >= 0.6 is 0 Å². The van der Waals surface area contributed by atoms with Gasteiger partial charge in [0.1, 0.15) is 13.2 Å². The molecule has 0 saturated heterocycles. The molecule has 0 saturated carbocycles. The molecule has 0 radical (unpaired) electrons. The summed E-state index contributed by atoms with van der Waals surface area (Å²) in [6, 6.07) is 31.6. The van der Waals surface area contributed by atoms with Gasteiger partial charge in [0.25, 0.3) is 5.91 Å². The van der Waals surface area contributed by atoms with Gasteiger partial charge in [-0.25, -0.2) is 19.2 Å². The van der Waals surface area contributed by atoms with E-state index in [2.05, 4.69) is 31.6 Å². The molecule has 354 valence electrons. The van der Waals surface area contributed by atoms with Crippen LogP contribution < -0.4 is 26.6 Å². The minimum Gasteiger partial charge on any atom is -0.465 e. The number of fused-ring (bicyclic) bond motifs is 1. The minimum atomic E-state index is -1.40. The largest absolute Gasteiger partial charge is 0.465 e. The number of unbranched alkanes of at least 4 members (excludes halogenated alkanes) is 4. The monoisotopic (exact) mass is 911 g/mol. The Hall–Kier alpha value is -7.21. The molecule has 66 heavy (non-hydrogen) atoms. The highest BCUT2D eigenvalue weighted by Crippen LogP contribution is 2.23. The van der Waals surface area contributed by atoms with Crippen LogP contribution in [-0.4, -0.2) is 95.7 Å². The second-order valence-corrected chi connectivity index (χ2v) is 15.5. The number of carboxylic acid groups (broad SMARTS) is 2. The summed E-state index contributed by atoms with van der Waals surface area (Å²) in [5.74, 6) is -1.19. The van der Waals surface area contributed by atoms with E-state index in [0.717, 1.165) is 27.5 Å². The highest BCUT2D eigenvalue weighted by molar-refractivity contribution is 6.00. The average Bonchev–Trinajstić information content (AvgIpc) is 3.30. The lowest BCUT2D eigenvalue weighted by molar-refractivity contribution is -0.145. The van der Waals surface area contributed by atoms with Crippen LogP contribution in [0.2, 0.25) is 0 Å². The number of nitrogens with one attached hydrogen (secondary N) is 5. The number of hydrogen-bond acceptors (Lipinski definition) is 10. The number of benzene rings is 4. The van der Waals surface area contributed by atoms with Crippen LogP contribution in [0.4, 0.5) is 19.2 Å². The number of nitrogens with zero attached hydrogens (tertiary/aromatic N) is 2. The third kappa shape index (κ3) is 20.1. The first-order valence-electron chi connectivity index (χ1n) is 22.0. The number of alkyl carbamates (subject to hydrolysis) is 1. The lowest BCUT2D eigenvalue weighted by Crippen LogP contribution is -2.49. The van der Waals surface area contributed by atoms with E-state index in [-0.39, 0.29) is 51.1 Å². The van der Waals surface area contributed by atoms with E-state index < -0.39 is 48.7 Å². The predicted octanol–water partition coefficient (Wildman–Crippen LogP) is 7.44. The lowest BCUT2D eigenvalue weighted by atomic mass is 10.0. The zero-order valence-electron chi connectivity index (χ0n) is 37.4. The maximum Gasteiger partial charge on any atom is 0.414 e. The Balaban J connectivity index is 1.27. The number of rotatable bonds is 25. The number of aliphatic imine (C=N–C) groups is 1. The summed E-state index contributed by atoms with van der Waals surface area (Å²) in [4.78, 5) is 80.2. The van der Waals surface area contributed by atoms with E-state index >= 15 is 0 Å². The summed E-state index contributed by atoms with van der Waals surface area (Å²) < 4.78 is 16.9. The molecule has 0 heterocycles. The molecule has 18 heteroatoms. The summed E-state index contributed by atoms with van der Waals surface area (Å²) in [5.41, 5.74) is 2.40. The van der Waals surface area contributed by atoms with Crippen LogP contribution in [0.25, 0.3) is 10.8 Å². The first-order valence-corrected chi connectivity index (χ1v) is 22.0. The normalized spacial score (nSPS) is 12.5. The molecule has 0 aliphatic carbocycles. The van der Waals surface area contributed by atoms with Gasteiger partial charge < -0.3 is 45.3 Å². The summed E-state index contributed by atoms with van der Waals surface area (Å²) in [6.45, 7) is 4.56. The van der Waals surface area contributed by atoms with Crippen LogP contribution in [-0.2, 0) is 37.0 Å². The van der Waals surface area contributed by atoms with Crippen molar-refractivity contribution in [3.05, 3.63) is 120 Å². The van der Waals surface area contributed by atoms with Crippen molar-refractivity contribution in [3.63, 3.8) is 0 Å². The van der Waals surface area contributed by atoms with E-state index in [4.69, 9.17) is 19.3 Å². The van der Waals surface area contributed by atoms with Crippen molar-refractivity contribution < 1.29 is 53.2 Å². The molecular weight excluding hydrogens is 851 g/mol. The molecule has 1 unspecified atom stereocenters. The van der Waals surface area contributed by atoms with Gasteiger partial charge in [0.15, 0.2) is 0 Å². The Labute approximate surface area is 384 Å². The van der Waals surface area contributed by atoms with Crippen molar-refractivity contribution in [2.45, 2.75) is 96.8 Å². The zero-order chi connectivity index (χ0) is 47.5. The summed E-state index contributed by atoms with van der Waals surface area (Å²) >= 11 is 0. The van der Waals surface area contributed by atoms with Crippen molar-refractivity contribution in [1.29, 1.82) is 0 Å². The smallest absolute Gasteiger partial charge is 0.414 e. The van der Waals surface area contributed by atoms with E-state index in [1.54, 1.807) is 38.1 Å². The average molecular weight is 912 g/mol. The second kappa shape index (κ2) is 28.6. The van der Waals surface area contributed by atoms with Gasteiger partial charge in [0.05, 0.1) is 6.10 Å². The van der Waals surface area contributed by atoms with Crippen molar-refractivity contribution >= 4 is 52.9 Å². The van der Waals surface area contributed by atoms with Crippen molar-refractivity contribution in [2.75, 3.05) is 26.2 Å². The minimum absolute atomic E-state index is 0.00341. The summed E-state index contributed by atoms with van der Waals surface area (Å²) in [6.07, 6.45) is -2.08. The van der Waals surface area contributed by atoms with Crippen molar-refractivity contribution in [3.8, 4) is 0 Å². The molecule has 0 aromatic heterocycles. The zero-order valence-corrected chi connectivity index (χ0v) is 37.4. The fourth-order valence-electron chi connectivity index (χ4n) is 6.60. The Bertz CT molecular complexity index is 2190. The van der Waals surface area contributed by atoms with Gasteiger partial charge in [-0.3, -0.25) is 25.2 Å². The lowest BCUT2D eigenvalue weighted by Gasteiger charge is -2.24. The maximum atomic E-state index is 13.6. The van der Waals surface area contributed by atoms with E-state index in [1.807, 2.05) is 78.9 Å². The summed E-state index contributed by atoms with van der Waals surface area (Å²) in [5, 5.41) is 32.7. The molecule has 0 bridgehead atoms. The molecule has 3 atom stereocenters. The quantitative estimate of drug-likeness (QED) is 0.0149. The number of ether oxygens (including phenoxy) is 3.